The second-order valence-electron chi connectivity index (χ2n) is 8.30. The standard InChI is InChI=1S/C26H46/c1-4-7-10-12-14-16-19-25-21-24(18-9-6-3)22-26(23-25)20-17-15-13-11-8-5-2/h21-23H,4-20H2,1-3H3. The number of aryl methyl sites for hydroxylation is 3. The fourth-order valence-corrected chi connectivity index (χ4v) is 3.87. The number of hydrogen-bond donors (Lipinski definition) is 0. The summed E-state index contributed by atoms with van der Waals surface area (Å²) in [6, 6.07) is 7.53. The quantitative estimate of drug-likeness (QED) is 0.244. The highest BCUT2D eigenvalue weighted by Gasteiger charge is 2.03. The van der Waals surface area contributed by atoms with Crippen LogP contribution in [0.5, 0.6) is 0 Å². The maximum Gasteiger partial charge on any atom is -0.0279 e. The number of unbranched alkanes of at least 4 members (excludes halogenated alkanes) is 11. The Morgan fingerprint density at radius 2 is 0.692 bits per heavy atom. The molecule has 0 spiro atoms. The predicted octanol–water partition coefficient (Wildman–Crippen LogP) is 8.84. The smallest absolute Gasteiger partial charge is 0.0279 e. The zero-order valence-electron chi connectivity index (χ0n) is 18.3. The summed E-state index contributed by atoms with van der Waals surface area (Å²) < 4.78 is 0. The van der Waals surface area contributed by atoms with Gasteiger partial charge in [-0.05, 0) is 55.2 Å². The molecule has 0 radical (unpaired) electrons. The summed E-state index contributed by atoms with van der Waals surface area (Å²) in [6.45, 7) is 6.90. The van der Waals surface area contributed by atoms with Crippen LogP contribution in [0.4, 0.5) is 0 Å². The average molecular weight is 359 g/mol. The summed E-state index contributed by atoms with van der Waals surface area (Å²) in [5.74, 6) is 0. The molecule has 0 unspecified atom stereocenters. The van der Waals surface area contributed by atoms with Crippen molar-refractivity contribution in [2.45, 2.75) is 130 Å². The van der Waals surface area contributed by atoms with Crippen molar-refractivity contribution in [2.75, 3.05) is 0 Å². The van der Waals surface area contributed by atoms with E-state index in [4.69, 9.17) is 0 Å². The summed E-state index contributed by atoms with van der Waals surface area (Å²) in [7, 11) is 0. The van der Waals surface area contributed by atoms with Crippen molar-refractivity contribution in [2.24, 2.45) is 0 Å². The van der Waals surface area contributed by atoms with Gasteiger partial charge in [-0.1, -0.05) is 110 Å². The van der Waals surface area contributed by atoms with Crippen LogP contribution in [-0.4, -0.2) is 0 Å². The first-order valence-corrected chi connectivity index (χ1v) is 11.9. The molecule has 0 amide bonds. The van der Waals surface area contributed by atoms with Gasteiger partial charge in [0, 0.05) is 0 Å². The molecule has 0 N–H and O–H groups in total. The topological polar surface area (TPSA) is 0 Å². The highest BCUT2D eigenvalue weighted by atomic mass is 14.1. The van der Waals surface area contributed by atoms with Gasteiger partial charge in [0.25, 0.3) is 0 Å². The van der Waals surface area contributed by atoms with Gasteiger partial charge in [0.2, 0.25) is 0 Å². The second-order valence-corrected chi connectivity index (χ2v) is 8.30. The molecule has 0 heteroatoms. The summed E-state index contributed by atoms with van der Waals surface area (Å²) in [5, 5.41) is 0. The molecule has 1 rings (SSSR count). The van der Waals surface area contributed by atoms with Crippen LogP contribution in [0, 0.1) is 0 Å². The van der Waals surface area contributed by atoms with Crippen molar-refractivity contribution >= 4 is 0 Å². The van der Waals surface area contributed by atoms with Crippen LogP contribution in [0.1, 0.15) is 127 Å². The first kappa shape index (κ1) is 23.3. The Bertz CT molecular complexity index is 397. The first-order valence-electron chi connectivity index (χ1n) is 11.9. The highest BCUT2D eigenvalue weighted by molar-refractivity contribution is 5.30. The third-order valence-corrected chi connectivity index (χ3v) is 5.57. The van der Waals surface area contributed by atoms with Gasteiger partial charge < -0.3 is 0 Å². The van der Waals surface area contributed by atoms with E-state index in [1.165, 1.54) is 109 Å². The minimum absolute atomic E-state index is 1.27. The van der Waals surface area contributed by atoms with Gasteiger partial charge in [-0.15, -0.1) is 0 Å². The van der Waals surface area contributed by atoms with E-state index in [9.17, 15) is 0 Å². The van der Waals surface area contributed by atoms with Gasteiger partial charge in [0.1, 0.15) is 0 Å². The molecule has 0 aliphatic carbocycles. The molecule has 0 atom stereocenters. The van der Waals surface area contributed by atoms with Crippen molar-refractivity contribution in [1.29, 1.82) is 0 Å². The normalized spacial score (nSPS) is 11.2. The van der Waals surface area contributed by atoms with Crippen molar-refractivity contribution in [3.63, 3.8) is 0 Å². The summed E-state index contributed by atoms with van der Waals surface area (Å²) in [4.78, 5) is 0. The van der Waals surface area contributed by atoms with Gasteiger partial charge >= 0.3 is 0 Å². The van der Waals surface area contributed by atoms with Crippen LogP contribution < -0.4 is 0 Å². The van der Waals surface area contributed by atoms with Crippen LogP contribution in [0.3, 0.4) is 0 Å². The van der Waals surface area contributed by atoms with Crippen LogP contribution in [0.25, 0.3) is 0 Å². The molecule has 1 aromatic rings. The Hall–Kier alpha value is -0.780. The van der Waals surface area contributed by atoms with Crippen LogP contribution >= 0.6 is 0 Å². The fourth-order valence-electron chi connectivity index (χ4n) is 3.87. The molecule has 0 aromatic heterocycles. The zero-order chi connectivity index (χ0) is 18.9. The van der Waals surface area contributed by atoms with Gasteiger partial charge in [0.05, 0.1) is 0 Å². The third kappa shape index (κ3) is 11.8. The van der Waals surface area contributed by atoms with E-state index >= 15 is 0 Å². The summed E-state index contributed by atoms with van der Waals surface area (Å²) in [6.07, 6.45) is 23.3. The van der Waals surface area contributed by atoms with E-state index in [-0.39, 0.29) is 0 Å². The fraction of sp³-hybridized carbons (Fsp3) is 0.769. The van der Waals surface area contributed by atoms with Crippen LogP contribution in [0.15, 0.2) is 18.2 Å². The predicted molar refractivity (Wildman–Crippen MR) is 119 cm³/mol. The van der Waals surface area contributed by atoms with E-state index in [0.717, 1.165) is 0 Å². The molecule has 0 fully saturated rings. The minimum Gasteiger partial charge on any atom is -0.0654 e. The molecular weight excluding hydrogens is 312 g/mol. The van der Waals surface area contributed by atoms with E-state index in [0.29, 0.717) is 0 Å². The van der Waals surface area contributed by atoms with Crippen molar-refractivity contribution in [1.82, 2.24) is 0 Å². The second kappa shape index (κ2) is 16.4. The lowest BCUT2D eigenvalue weighted by Crippen LogP contribution is -1.96. The lowest BCUT2D eigenvalue weighted by atomic mass is 9.95. The van der Waals surface area contributed by atoms with E-state index in [2.05, 4.69) is 39.0 Å². The molecule has 150 valence electrons. The summed E-state index contributed by atoms with van der Waals surface area (Å²) in [5.41, 5.74) is 4.81. The maximum atomic E-state index is 2.52. The third-order valence-electron chi connectivity index (χ3n) is 5.57. The SMILES string of the molecule is CCCCCCCCc1cc(CCCC)cc(CCCCCCCC)c1. The molecule has 1 aromatic carbocycles. The lowest BCUT2D eigenvalue weighted by Gasteiger charge is -2.10. The summed E-state index contributed by atoms with van der Waals surface area (Å²) >= 11 is 0. The van der Waals surface area contributed by atoms with Crippen LogP contribution in [-0.2, 0) is 19.3 Å². The molecular formula is C26H46. The molecule has 0 bridgehead atoms. The van der Waals surface area contributed by atoms with Crippen molar-refractivity contribution in [3.8, 4) is 0 Å². The van der Waals surface area contributed by atoms with E-state index < -0.39 is 0 Å². The average Bonchev–Trinajstić information content (AvgIpc) is 2.65. The number of hydrogen-bond acceptors (Lipinski definition) is 0. The Labute approximate surface area is 165 Å². The monoisotopic (exact) mass is 358 g/mol. The number of benzene rings is 1. The highest BCUT2D eigenvalue weighted by Crippen LogP contribution is 2.18. The lowest BCUT2D eigenvalue weighted by molar-refractivity contribution is 0.604. The molecule has 0 aliphatic rings. The Morgan fingerprint density at radius 1 is 0.385 bits per heavy atom. The van der Waals surface area contributed by atoms with E-state index in [1.54, 1.807) is 16.7 Å². The molecule has 26 heavy (non-hydrogen) atoms. The van der Waals surface area contributed by atoms with Crippen LogP contribution in [0.2, 0.25) is 0 Å². The maximum absolute atomic E-state index is 2.52. The Kier molecular flexibility index (Phi) is 14.7. The molecule has 0 heterocycles. The molecule has 0 aliphatic heterocycles. The Morgan fingerprint density at radius 3 is 1.08 bits per heavy atom. The van der Waals surface area contributed by atoms with E-state index in [1.807, 2.05) is 0 Å². The molecule has 0 saturated heterocycles. The zero-order valence-corrected chi connectivity index (χ0v) is 18.3. The molecule has 0 nitrogen and oxygen atoms in total. The number of rotatable bonds is 17. The Balaban J connectivity index is 2.45. The van der Waals surface area contributed by atoms with Gasteiger partial charge in [-0.25, -0.2) is 0 Å². The first-order chi connectivity index (χ1) is 12.8. The van der Waals surface area contributed by atoms with Crippen molar-refractivity contribution < 1.29 is 0 Å². The van der Waals surface area contributed by atoms with Gasteiger partial charge in [-0.3, -0.25) is 0 Å². The molecule has 0 saturated carbocycles. The van der Waals surface area contributed by atoms with Gasteiger partial charge in [0.15, 0.2) is 0 Å². The van der Waals surface area contributed by atoms with Gasteiger partial charge in [-0.2, -0.15) is 0 Å². The van der Waals surface area contributed by atoms with Crippen molar-refractivity contribution in [3.05, 3.63) is 34.9 Å². The largest absolute Gasteiger partial charge is 0.0654 e. The minimum atomic E-state index is 1.27.